The molecule has 1 aromatic heterocycles. The van der Waals surface area contributed by atoms with Gasteiger partial charge >= 0.3 is 5.97 Å². The van der Waals surface area contributed by atoms with Crippen molar-refractivity contribution in [1.82, 2.24) is 9.88 Å². The minimum atomic E-state index is -0.667. The van der Waals surface area contributed by atoms with Crippen LogP contribution in [0.25, 0.3) is 0 Å². The van der Waals surface area contributed by atoms with Crippen LogP contribution in [0.2, 0.25) is 0 Å². The maximum atomic E-state index is 10.8. The van der Waals surface area contributed by atoms with E-state index in [1.54, 1.807) is 11.3 Å². The summed E-state index contributed by atoms with van der Waals surface area (Å²) in [5.74, 6) is -0.853. The van der Waals surface area contributed by atoms with Gasteiger partial charge in [0.05, 0.1) is 16.6 Å². The largest absolute Gasteiger partial charge is 0.481 e. The number of rotatable bonds is 3. The summed E-state index contributed by atoms with van der Waals surface area (Å²) in [6.07, 6.45) is 0.770. The molecule has 2 rings (SSSR count). The van der Waals surface area contributed by atoms with E-state index in [9.17, 15) is 4.79 Å². The SMILES string of the molecule is Cc1nc(C)c(CN2CCC(C(=O)O)C2)s1. The maximum Gasteiger partial charge on any atom is 0.307 e. The summed E-state index contributed by atoms with van der Waals surface area (Å²) in [5.41, 5.74) is 1.08. The van der Waals surface area contributed by atoms with E-state index >= 15 is 0 Å². The Morgan fingerprint density at radius 1 is 1.62 bits per heavy atom. The van der Waals surface area contributed by atoms with E-state index in [4.69, 9.17) is 5.11 Å². The lowest BCUT2D eigenvalue weighted by molar-refractivity contribution is -0.141. The lowest BCUT2D eigenvalue weighted by atomic mass is 10.1. The minimum absolute atomic E-state index is 0.186. The Kier molecular flexibility index (Phi) is 3.25. The van der Waals surface area contributed by atoms with Crippen molar-refractivity contribution in [3.05, 3.63) is 15.6 Å². The molecule has 1 unspecified atom stereocenters. The van der Waals surface area contributed by atoms with E-state index in [2.05, 4.69) is 9.88 Å². The molecular formula is C11H16N2O2S. The Bertz CT molecular complexity index is 403. The highest BCUT2D eigenvalue weighted by Crippen LogP contribution is 2.23. The fraction of sp³-hybridized carbons (Fsp3) is 0.636. The lowest BCUT2D eigenvalue weighted by Gasteiger charge is -2.13. The first kappa shape index (κ1) is 11.5. The highest BCUT2D eigenvalue weighted by atomic mass is 32.1. The van der Waals surface area contributed by atoms with Crippen LogP contribution in [0.5, 0.6) is 0 Å². The van der Waals surface area contributed by atoms with Gasteiger partial charge in [-0.1, -0.05) is 0 Å². The number of likely N-dealkylation sites (tertiary alicyclic amines) is 1. The Balaban J connectivity index is 1.97. The molecular weight excluding hydrogens is 224 g/mol. The highest BCUT2D eigenvalue weighted by molar-refractivity contribution is 7.11. The maximum absolute atomic E-state index is 10.8. The lowest BCUT2D eigenvalue weighted by Crippen LogP contribution is -2.22. The van der Waals surface area contributed by atoms with Crippen LogP contribution in [0.4, 0.5) is 0 Å². The van der Waals surface area contributed by atoms with Gasteiger partial charge in [-0.15, -0.1) is 11.3 Å². The van der Waals surface area contributed by atoms with Crippen LogP contribution in [0.15, 0.2) is 0 Å². The van der Waals surface area contributed by atoms with Gasteiger partial charge in [-0.05, 0) is 26.8 Å². The first-order chi connectivity index (χ1) is 7.56. The molecule has 1 atom stereocenters. The molecule has 5 heteroatoms. The monoisotopic (exact) mass is 240 g/mol. The zero-order valence-electron chi connectivity index (χ0n) is 9.56. The first-order valence-electron chi connectivity index (χ1n) is 5.44. The second-order valence-electron chi connectivity index (χ2n) is 4.30. The summed E-state index contributed by atoms with van der Waals surface area (Å²) in [6, 6.07) is 0. The molecule has 0 aromatic carbocycles. The van der Waals surface area contributed by atoms with Crippen LogP contribution in [0, 0.1) is 19.8 Å². The van der Waals surface area contributed by atoms with Crippen molar-refractivity contribution >= 4 is 17.3 Å². The average molecular weight is 240 g/mol. The fourth-order valence-electron chi connectivity index (χ4n) is 2.10. The zero-order chi connectivity index (χ0) is 11.7. The molecule has 4 nitrogen and oxygen atoms in total. The number of carboxylic acid groups (broad SMARTS) is 1. The third-order valence-corrected chi connectivity index (χ3v) is 4.05. The molecule has 1 aromatic rings. The standard InChI is InChI=1S/C11H16N2O2S/c1-7-10(16-8(2)12-7)6-13-4-3-9(5-13)11(14)15/h9H,3-6H2,1-2H3,(H,14,15). The Morgan fingerprint density at radius 2 is 2.38 bits per heavy atom. The van der Waals surface area contributed by atoms with Crippen LogP contribution < -0.4 is 0 Å². The van der Waals surface area contributed by atoms with Crippen molar-refractivity contribution in [3.8, 4) is 0 Å². The molecule has 1 aliphatic heterocycles. The van der Waals surface area contributed by atoms with Gasteiger partial charge in [0.25, 0.3) is 0 Å². The number of hydrogen-bond acceptors (Lipinski definition) is 4. The summed E-state index contributed by atoms with van der Waals surface area (Å²) in [7, 11) is 0. The number of carbonyl (C=O) groups is 1. The molecule has 1 fully saturated rings. The van der Waals surface area contributed by atoms with Gasteiger partial charge < -0.3 is 5.11 Å². The van der Waals surface area contributed by atoms with Crippen LogP contribution in [-0.2, 0) is 11.3 Å². The van der Waals surface area contributed by atoms with Crippen molar-refractivity contribution in [2.45, 2.75) is 26.8 Å². The molecule has 1 saturated heterocycles. The first-order valence-corrected chi connectivity index (χ1v) is 6.26. The molecule has 88 valence electrons. The molecule has 1 aliphatic rings. The number of aliphatic carboxylic acids is 1. The quantitative estimate of drug-likeness (QED) is 0.873. The average Bonchev–Trinajstić information content (AvgIpc) is 2.75. The molecule has 16 heavy (non-hydrogen) atoms. The van der Waals surface area contributed by atoms with Gasteiger partial charge in [0.15, 0.2) is 0 Å². The summed E-state index contributed by atoms with van der Waals surface area (Å²) in [6.45, 7) is 6.43. The topological polar surface area (TPSA) is 53.4 Å². The predicted molar refractivity (Wildman–Crippen MR) is 62.6 cm³/mol. The number of nitrogens with zero attached hydrogens (tertiary/aromatic N) is 2. The Labute approximate surface area is 98.9 Å². The van der Waals surface area contributed by atoms with E-state index in [-0.39, 0.29) is 5.92 Å². The van der Waals surface area contributed by atoms with Crippen LogP contribution >= 0.6 is 11.3 Å². The number of aryl methyl sites for hydroxylation is 2. The van der Waals surface area contributed by atoms with Crippen molar-refractivity contribution in [2.75, 3.05) is 13.1 Å². The molecule has 0 saturated carbocycles. The van der Waals surface area contributed by atoms with Crippen LogP contribution in [-0.4, -0.2) is 34.0 Å². The van der Waals surface area contributed by atoms with Gasteiger partial charge in [-0.25, -0.2) is 4.98 Å². The second kappa shape index (κ2) is 4.51. The van der Waals surface area contributed by atoms with Crippen LogP contribution in [0.3, 0.4) is 0 Å². The molecule has 2 heterocycles. The summed E-state index contributed by atoms with van der Waals surface area (Å²) in [4.78, 5) is 18.7. The van der Waals surface area contributed by atoms with E-state index in [0.29, 0.717) is 6.54 Å². The molecule has 0 radical (unpaired) electrons. The van der Waals surface area contributed by atoms with Gasteiger partial charge in [-0.2, -0.15) is 0 Å². The normalized spacial score (nSPS) is 21.5. The Hall–Kier alpha value is -0.940. The number of thiazole rings is 1. The minimum Gasteiger partial charge on any atom is -0.481 e. The number of hydrogen-bond donors (Lipinski definition) is 1. The Morgan fingerprint density at radius 3 is 2.88 bits per heavy atom. The second-order valence-corrected chi connectivity index (χ2v) is 5.59. The van der Waals surface area contributed by atoms with Gasteiger partial charge in [0.2, 0.25) is 0 Å². The molecule has 0 spiro atoms. The third kappa shape index (κ3) is 2.41. The molecule has 0 bridgehead atoms. The van der Waals surface area contributed by atoms with Crippen molar-refractivity contribution < 1.29 is 9.90 Å². The van der Waals surface area contributed by atoms with Crippen molar-refractivity contribution in [3.63, 3.8) is 0 Å². The third-order valence-electron chi connectivity index (χ3n) is 2.99. The molecule has 1 N–H and O–H groups in total. The van der Waals surface area contributed by atoms with E-state index in [1.807, 2.05) is 13.8 Å². The molecule has 0 amide bonds. The van der Waals surface area contributed by atoms with Gasteiger partial charge in [-0.3, -0.25) is 9.69 Å². The fourth-order valence-corrected chi connectivity index (χ4v) is 3.08. The van der Waals surface area contributed by atoms with Crippen LogP contribution in [0.1, 0.15) is 22.0 Å². The highest BCUT2D eigenvalue weighted by Gasteiger charge is 2.28. The smallest absolute Gasteiger partial charge is 0.307 e. The number of aromatic nitrogens is 1. The van der Waals surface area contributed by atoms with Gasteiger partial charge in [0, 0.05) is 18.0 Å². The van der Waals surface area contributed by atoms with Crippen molar-refractivity contribution in [1.29, 1.82) is 0 Å². The predicted octanol–water partition coefficient (Wildman–Crippen LogP) is 1.67. The zero-order valence-corrected chi connectivity index (χ0v) is 10.4. The van der Waals surface area contributed by atoms with E-state index < -0.39 is 5.97 Å². The number of carboxylic acids is 1. The van der Waals surface area contributed by atoms with Gasteiger partial charge in [0.1, 0.15) is 0 Å². The van der Waals surface area contributed by atoms with E-state index in [1.165, 1.54) is 4.88 Å². The molecule has 0 aliphatic carbocycles. The summed E-state index contributed by atoms with van der Waals surface area (Å²) < 4.78 is 0. The summed E-state index contributed by atoms with van der Waals surface area (Å²) >= 11 is 1.71. The van der Waals surface area contributed by atoms with Crippen molar-refractivity contribution in [2.24, 2.45) is 5.92 Å². The van der Waals surface area contributed by atoms with E-state index in [0.717, 1.165) is 30.2 Å². The summed E-state index contributed by atoms with van der Waals surface area (Å²) in [5, 5.41) is 10.0.